The zero-order valence-corrected chi connectivity index (χ0v) is 16.4. The highest BCUT2D eigenvalue weighted by molar-refractivity contribution is 7.92. The van der Waals surface area contributed by atoms with E-state index in [1.807, 2.05) is 6.92 Å². The molecule has 2 aromatic rings. The van der Waals surface area contributed by atoms with E-state index in [2.05, 4.69) is 15.4 Å². The smallest absolute Gasteiger partial charge is 0.319 e. The summed E-state index contributed by atoms with van der Waals surface area (Å²) in [6.45, 7) is 4.15. The van der Waals surface area contributed by atoms with Crippen LogP contribution in [0.3, 0.4) is 0 Å². The monoisotopic (exact) mass is 406 g/mol. The van der Waals surface area contributed by atoms with Crippen molar-refractivity contribution in [3.8, 4) is 0 Å². The minimum atomic E-state index is -4.01. The van der Waals surface area contributed by atoms with Gasteiger partial charge in [-0.2, -0.15) is 0 Å². The van der Waals surface area contributed by atoms with Crippen molar-refractivity contribution in [2.75, 3.05) is 16.6 Å². The van der Waals surface area contributed by atoms with Crippen molar-refractivity contribution in [2.45, 2.75) is 31.6 Å². The Morgan fingerprint density at radius 2 is 1.75 bits per heavy atom. The summed E-state index contributed by atoms with van der Waals surface area (Å²) >= 11 is 0. The standard InChI is InChI=1S/C18H22N4O5S/c1-3-4-11-19-18(23)20-14-6-8-15(9-7-14)21-28(26,27)17-12-16(22(24)25)10-5-13(17)2/h5-10,12,21H,3-4,11H2,1-2H3,(H2,19,20,23). The fourth-order valence-electron chi connectivity index (χ4n) is 2.38. The lowest BCUT2D eigenvalue weighted by Crippen LogP contribution is -2.29. The minimum absolute atomic E-state index is 0.167. The quantitative estimate of drug-likeness (QED) is 0.350. The van der Waals surface area contributed by atoms with E-state index >= 15 is 0 Å². The number of amides is 2. The van der Waals surface area contributed by atoms with Gasteiger partial charge in [-0.3, -0.25) is 14.8 Å². The van der Waals surface area contributed by atoms with Gasteiger partial charge in [0.25, 0.3) is 15.7 Å². The normalized spacial score (nSPS) is 10.9. The van der Waals surface area contributed by atoms with Gasteiger partial charge in [-0.1, -0.05) is 19.4 Å². The number of hydrogen-bond acceptors (Lipinski definition) is 5. The maximum Gasteiger partial charge on any atom is 0.319 e. The summed E-state index contributed by atoms with van der Waals surface area (Å²) < 4.78 is 27.6. The van der Waals surface area contributed by atoms with Gasteiger partial charge < -0.3 is 10.6 Å². The molecule has 150 valence electrons. The van der Waals surface area contributed by atoms with E-state index in [1.165, 1.54) is 24.3 Å². The molecular formula is C18H22N4O5S. The summed E-state index contributed by atoms with van der Waals surface area (Å²) in [5.74, 6) is 0. The molecule has 9 nitrogen and oxygen atoms in total. The zero-order valence-electron chi connectivity index (χ0n) is 15.6. The largest absolute Gasteiger partial charge is 0.338 e. The molecule has 2 aromatic carbocycles. The Morgan fingerprint density at radius 1 is 1.11 bits per heavy atom. The van der Waals surface area contributed by atoms with E-state index in [4.69, 9.17) is 0 Å². The molecule has 2 amide bonds. The van der Waals surface area contributed by atoms with Crippen LogP contribution >= 0.6 is 0 Å². The molecule has 28 heavy (non-hydrogen) atoms. The van der Waals surface area contributed by atoms with Gasteiger partial charge in [0, 0.05) is 30.1 Å². The Hall–Kier alpha value is -3.14. The fourth-order valence-corrected chi connectivity index (χ4v) is 3.70. The molecule has 0 saturated heterocycles. The number of nitrogens with zero attached hydrogens (tertiary/aromatic N) is 1. The molecule has 0 fully saturated rings. The third-order valence-corrected chi connectivity index (χ3v) is 5.41. The summed E-state index contributed by atoms with van der Waals surface area (Å²) in [6, 6.07) is 9.41. The number of hydrogen-bond donors (Lipinski definition) is 3. The summed E-state index contributed by atoms with van der Waals surface area (Å²) in [5, 5.41) is 16.3. The molecule has 2 rings (SSSR count). The molecule has 0 aliphatic rings. The van der Waals surface area contributed by atoms with Crippen LogP contribution in [0.1, 0.15) is 25.3 Å². The number of carbonyl (C=O) groups is 1. The van der Waals surface area contributed by atoms with E-state index in [0.717, 1.165) is 18.9 Å². The van der Waals surface area contributed by atoms with Crippen LogP contribution in [0.25, 0.3) is 0 Å². The highest BCUT2D eigenvalue weighted by atomic mass is 32.2. The fraction of sp³-hybridized carbons (Fsp3) is 0.278. The van der Waals surface area contributed by atoms with E-state index in [1.54, 1.807) is 19.1 Å². The maximum atomic E-state index is 12.6. The van der Waals surface area contributed by atoms with Crippen LogP contribution in [0.2, 0.25) is 0 Å². The topological polar surface area (TPSA) is 130 Å². The van der Waals surface area contributed by atoms with Crippen molar-refractivity contribution >= 4 is 33.1 Å². The molecule has 10 heteroatoms. The van der Waals surface area contributed by atoms with E-state index in [-0.39, 0.29) is 22.3 Å². The second-order valence-electron chi connectivity index (χ2n) is 6.12. The van der Waals surface area contributed by atoms with Crippen molar-refractivity contribution in [3.63, 3.8) is 0 Å². The van der Waals surface area contributed by atoms with Crippen LogP contribution in [0.15, 0.2) is 47.4 Å². The number of non-ortho nitro benzene ring substituents is 1. The summed E-state index contributed by atoms with van der Waals surface area (Å²) in [5.41, 5.74) is 0.853. The van der Waals surface area contributed by atoms with Crippen LogP contribution in [0.5, 0.6) is 0 Å². The third kappa shape index (κ3) is 5.68. The van der Waals surface area contributed by atoms with Gasteiger partial charge >= 0.3 is 6.03 Å². The van der Waals surface area contributed by atoms with Gasteiger partial charge in [-0.25, -0.2) is 13.2 Å². The molecule has 0 unspecified atom stereocenters. The van der Waals surface area contributed by atoms with Gasteiger partial charge in [0.1, 0.15) is 0 Å². The zero-order chi connectivity index (χ0) is 20.7. The predicted molar refractivity (Wildman–Crippen MR) is 107 cm³/mol. The first-order valence-electron chi connectivity index (χ1n) is 8.65. The molecule has 0 spiro atoms. The number of anilines is 2. The molecule has 0 aromatic heterocycles. The number of sulfonamides is 1. The molecule has 0 heterocycles. The maximum absolute atomic E-state index is 12.6. The minimum Gasteiger partial charge on any atom is -0.338 e. The van der Waals surface area contributed by atoms with Gasteiger partial charge in [0.05, 0.1) is 9.82 Å². The number of nitrogens with one attached hydrogen (secondary N) is 3. The molecule has 0 aliphatic heterocycles. The first-order chi connectivity index (χ1) is 13.2. The van der Waals surface area contributed by atoms with Crippen molar-refractivity contribution < 1.29 is 18.1 Å². The number of benzene rings is 2. The van der Waals surface area contributed by atoms with Crippen LogP contribution in [0, 0.1) is 17.0 Å². The summed E-state index contributed by atoms with van der Waals surface area (Å²) in [6.07, 6.45) is 1.85. The molecule has 0 saturated carbocycles. The summed E-state index contributed by atoms with van der Waals surface area (Å²) in [4.78, 5) is 21.8. The Bertz CT molecular complexity index is 958. The molecule has 0 atom stereocenters. The second kappa shape index (κ2) is 9.18. The molecule has 0 bridgehead atoms. The van der Waals surface area contributed by atoms with Gasteiger partial charge in [-0.15, -0.1) is 0 Å². The average Bonchev–Trinajstić information content (AvgIpc) is 2.63. The predicted octanol–water partition coefficient (Wildman–Crippen LogP) is 3.63. The number of aryl methyl sites for hydroxylation is 1. The first-order valence-corrected chi connectivity index (χ1v) is 10.1. The lowest BCUT2D eigenvalue weighted by molar-refractivity contribution is -0.385. The van der Waals surface area contributed by atoms with E-state index < -0.39 is 14.9 Å². The average molecular weight is 406 g/mol. The van der Waals surface area contributed by atoms with Crippen LogP contribution < -0.4 is 15.4 Å². The van der Waals surface area contributed by atoms with E-state index in [0.29, 0.717) is 17.8 Å². The number of nitro groups is 1. The number of rotatable bonds is 8. The molecule has 0 aliphatic carbocycles. The molecule has 0 radical (unpaired) electrons. The lowest BCUT2D eigenvalue weighted by Gasteiger charge is -2.11. The van der Waals surface area contributed by atoms with Crippen LogP contribution in [-0.4, -0.2) is 25.9 Å². The highest BCUT2D eigenvalue weighted by Gasteiger charge is 2.20. The number of nitro benzene ring substituents is 1. The van der Waals surface area contributed by atoms with Crippen LogP contribution in [-0.2, 0) is 10.0 Å². The van der Waals surface area contributed by atoms with Crippen LogP contribution in [0.4, 0.5) is 21.9 Å². The highest BCUT2D eigenvalue weighted by Crippen LogP contribution is 2.24. The van der Waals surface area contributed by atoms with Gasteiger partial charge in [-0.05, 0) is 43.2 Å². The number of carbonyl (C=O) groups excluding carboxylic acids is 1. The molecule has 3 N–H and O–H groups in total. The van der Waals surface area contributed by atoms with Crippen molar-refractivity contribution in [1.82, 2.24) is 5.32 Å². The van der Waals surface area contributed by atoms with Crippen molar-refractivity contribution in [2.24, 2.45) is 0 Å². The SMILES string of the molecule is CCCCNC(=O)Nc1ccc(NS(=O)(=O)c2cc([N+](=O)[O-])ccc2C)cc1. The molecular weight excluding hydrogens is 384 g/mol. The Labute approximate surface area is 163 Å². The second-order valence-corrected chi connectivity index (χ2v) is 7.78. The van der Waals surface area contributed by atoms with Gasteiger partial charge in [0.2, 0.25) is 0 Å². The number of urea groups is 1. The lowest BCUT2D eigenvalue weighted by atomic mass is 10.2. The Balaban J connectivity index is 2.10. The Kier molecular flexibility index (Phi) is 6.94. The van der Waals surface area contributed by atoms with Gasteiger partial charge in [0.15, 0.2) is 0 Å². The van der Waals surface area contributed by atoms with Crippen molar-refractivity contribution in [1.29, 1.82) is 0 Å². The summed E-state index contributed by atoms with van der Waals surface area (Å²) in [7, 11) is -4.01. The van der Waals surface area contributed by atoms with Crippen molar-refractivity contribution in [3.05, 3.63) is 58.1 Å². The third-order valence-electron chi connectivity index (χ3n) is 3.88. The first kappa shape index (κ1) is 21.2. The number of unbranched alkanes of at least 4 members (excludes halogenated alkanes) is 1. The Morgan fingerprint density at radius 3 is 2.36 bits per heavy atom. The van der Waals surface area contributed by atoms with E-state index in [9.17, 15) is 23.3 Å².